The van der Waals surface area contributed by atoms with Crippen molar-refractivity contribution in [1.29, 1.82) is 0 Å². The van der Waals surface area contributed by atoms with Crippen LogP contribution >= 0.6 is 0 Å². The molecule has 2 rings (SSSR count). The fraction of sp³-hybridized carbons (Fsp3) is 0.929. The van der Waals surface area contributed by atoms with Gasteiger partial charge in [0.25, 0.3) is 0 Å². The molecule has 0 aromatic rings. The summed E-state index contributed by atoms with van der Waals surface area (Å²) < 4.78 is 21.9. The number of aliphatic imine (C=N–C) groups is 1. The van der Waals surface area contributed by atoms with Crippen LogP contribution in [0.2, 0.25) is 0 Å². The molecule has 1 aliphatic heterocycles. The van der Waals surface area contributed by atoms with Gasteiger partial charge in [0.15, 0.2) is 5.96 Å². The summed E-state index contributed by atoms with van der Waals surface area (Å²) >= 11 is 0. The Hall–Kier alpha value is -0.860. The van der Waals surface area contributed by atoms with Crippen molar-refractivity contribution in [2.75, 3.05) is 31.9 Å². The first-order valence-corrected chi connectivity index (χ1v) is 9.99. The van der Waals surface area contributed by atoms with Crippen LogP contribution in [0.5, 0.6) is 0 Å². The van der Waals surface area contributed by atoms with E-state index in [9.17, 15) is 8.42 Å². The zero-order chi connectivity index (χ0) is 16.0. The molecule has 1 atom stereocenters. The lowest BCUT2D eigenvalue weighted by Crippen LogP contribution is -2.45. The molecule has 1 aliphatic carbocycles. The van der Waals surface area contributed by atoms with Crippen molar-refractivity contribution in [3.05, 3.63) is 0 Å². The lowest BCUT2D eigenvalue weighted by atomic mass is 10.2. The molecule has 128 valence electrons. The highest BCUT2D eigenvalue weighted by Crippen LogP contribution is 2.26. The predicted octanol–water partition coefficient (Wildman–Crippen LogP) is -0.153. The van der Waals surface area contributed by atoms with E-state index in [1.807, 2.05) is 6.92 Å². The number of guanidine groups is 1. The highest BCUT2D eigenvalue weighted by molar-refractivity contribution is 7.89. The maximum Gasteiger partial charge on any atom is 0.210 e. The second-order valence-electron chi connectivity index (χ2n) is 6.19. The number of rotatable bonds is 6. The molecule has 1 unspecified atom stereocenters. The number of sulfonamides is 1. The molecule has 4 N–H and O–H groups in total. The summed E-state index contributed by atoms with van der Waals surface area (Å²) in [6.45, 7) is 5.12. The first kappa shape index (κ1) is 17.5. The molecule has 22 heavy (non-hydrogen) atoms. The maximum absolute atomic E-state index is 11.0. The number of nitrogens with two attached hydrogens (primary N) is 1. The minimum absolute atomic E-state index is 0.123. The molecule has 0 bridgehead atoms. The lowest BCUT2D eigenvalue weighted by molar-refractivity contribution is 0.242. The van der Waals surface area contributed by atoms with Crippen LogP contribution in [-0.2, 0) is 10.0 Å². The minimum Gasteiger partial charge on any atom is -0.357 e. The smallest absolute Gasteiger partial charge is 0.210 e. The Balaban J connectivity index is 1.81. The monoisotopic (exact) mass is 331 g/mol. The third-order valence-corrected chi connectivity index (χ3v) is 5.14. The summed E-state index contributed by atoms with van der Waals surface area (Å²) in [4.78, 5) is 6.88. The van der Waals surface area contributed by atoms with Crippen LogP contribution in [0, 0.1) is 0 Å². The molecule has 1 heterocycles. The summed E-state index contributed by atoms with van der Waals surface area (Å²) in [6.07, 6.45) is 6.48. The van der Waals surface area contributed by atoms with E-state index >= 15 is 0 Å². The van der Waals surface area contributed by atoms with Crippen molar-refractivity contribution >= 4 is 16.0 Å². The molecule has 1 saturated heterocycles. The Morgan fingerprint density at radius 3 is 2.68 bits per heavy atom. The van der Waals surface area contributed by atoms with Crippen LogP contribution < -0.4 is 15.8 Å². The zero-order valence-corrected chi connectivity index (χ0v) is 14.2. The van der Waals surface area contributed by atoms with Crippen molar-refractivity contribution in [3.63, 3.8) is 0 Å². The van der Waals surface area contributed by atoms with Crippen molar-refractivity contribution in [1.82, 2.24) is 15.5 Å². The van der Waals surface area contributed by atoms with E-state index in [-0.39, 0.29) is 12.3 Å². The van der Waals surface area contributed by atoms with Gasteiger partial charge < -0.3 is 10.6 Å². The second-order valence-corrected chi connectivity index (χ2v) is 7.92. The van der Waals surface area contributed by atoms with Gasteiger partial charge in [0.2, 0.25) is 10.0 Å². The van der Waals surface area contributed by atoms with Crippen LogP contribution in [0.1, 0.15) is 39.0 Å². The highest BCUT2D eigenvalue weighted by Gasteiger charge is 2.30. The van der Waals surface area contributed by atoms with E-state index in [2.05, 4.69) is 20.5 Å². The highest BCUT2D eigenvalue weighted by atomic mass is 32.2. The van der Waals surface area contributed by atoms with Gasteiger partial charge in [0.1, 0.15) is 0 Å². The quantitative estimate of drug-likeness (QED) is 0.464. The number of likely N-dealkylation sites (tertiary alicyclic amines) is 1. The molecule has 8 heteroatoms. The normalized spacial score (nSPS) is 24.8. The average molecular weight is 331 g/mol. The minimum atomic E-state index is -3.45. The van der Waals surface area contributed by atoms with Gasteiger partial charge in [-0.3, -0.25) is 9.89 Å². The van der Waals surface area contributed by atoms with E-state index in [0.717, 1.165) is 32.1 Å². The molecule has 0 spiro atoms. The first-order chi connectivity index (χ1) is 10.5. The molecule has 1 saturated carbocycles. The second kappa shape index (κ2) is 8.12. The third kappa shape index (κ3) is 5.73. The molecule has 0 amide bonds. The van der Waals surface area contributed by atoms with Crippen molar-refractivity contribution < 1.29 is 8.42 Å². The van der Waals surface area contributed by atoms with Gasteiger partial charge in [-0.1, -0.05) is 12.8 Å². The summed E-state index contributed by atoms with van der Waals surface area (Å²) in [5, 5.41) is 11.6. The number of nitrogens with zero attached hydrogens (tertiary/aromatic N) is 2. The summed E-state index contributed by atoms with van der Waals surface area (Å²) in [7, 11) is -3.45. The number of primary sulfonamides is 1. The number of hydrogen-bond donors (Lipinski definition) is 3. The van der Waals surface area contributed by atoms with Crippen LogP contribution in [0.15, 0.2) is 4.99 Å². The van der Waals surface area contributed by atoms with Gasteiger partial charge in [-0.05, 0) is 26.2 Å². The van der Waals surface area contributed by atoms with Crippen molar-refractivity contribution in [2.24, 2.45) is 10.1 Å². The fourth-order valence-electron chi connectivity index (χ4n) is 3.30. The largest absolute Gasteiger partial charge is 0.357 e. The van der Waals surface area contributed by atoms with Crippen LogP contribution in [0.3, 0.4) is 0 Å². The molecular weight excluding hydrogens is 302 g/mol. The van der Waals surface area contributed by atoms with Gasteiger partial charge >= 0.3 is 0 Å². The van der Waals surface area contributed by atoms with E-state index < -0.39 is 10.0 Å². The molecular formula is C14H29N5O2S. The average Bonchev–Trinajstić information content (AvgIpc) is 3.07. The molecule has 0 radical (unpaired) electrons. The predicted molar refractivity (Wildman–Crippen MR) is 89.3 cm³/mol. The van der Waals surface area contributed by atoms with Gasteiger partial charge in [-0.25, -0.2) is 13.6 Å². The van der Waals surface area contributed by atoms with E-state index in [1.54, 1.807) is 0 Å². The van der Waals surface area contributed by atoms with Crippen LogP contribution in [-0.4, -0.2) is 63.3 Å². The summed E-state index contributed by atoms with van der Waals surface area (Å²) in [5.74, 6) is 0.562. The first-order valence-electron chi connectivity index (χ1n) is 8.27. The van der Waals surface area contributed by atoms with E-state index in [4.69, 9.17) is 5.14 Å². The molecule has 0 aromatic heterocycles. The molecule has 2 aliphatic rings. The number of nitrogens with one attached hydrogen (secondary N) is 2. The lowest BCUT2D eigenvalue weighted by Gasteiger charge is -2.24. The van der Waals surface area contributed by atoms with Gasteiger partial charge in [0.05, 0.1) is 12.3 Å². The van der Waals surface area contributed by atoms with Gasteiger partial charge in [0, 0.05) is 31.7 Å². The summed E-state index contributed by atoms with van der Waals surface area (Å²) in [5.41, 5.74) is 0. The Labute approximate surface area is 133 Å². The maximum atomic E-state index is 11.0. The SMILES string of the molecule is CCNC(=NCCS(N)(=O)=O)NC1CCN(C2CCCC2)C1. The van der Waals surface area contributed by atoms with Crippen LogP contribution in [0.4, 0.5) is 0 Å². The zero-order valence-electron chi connectivity index (χ0n) is 13.4. The van der Waals surface area contributed by atoms with Crippen molar-refractivity contribution in [2.45, 2.75) is 51.1 Å². The van der Waals surface area contributed by atoms with E-state index in [0.29, 0.717) is 12.0 Å². The molecule has 0 aromatic carbocycles. The third-order valence-electron chi connectivity index (χ3n) is 4.39. The Kier molecular flexibility index (Phi) is 6.46. The standard InChI is InChI=1S/C14H29N5O2S/c1-2-16-14(17-8-10-22(15,20)21)18-12-7-9-19(11-12)13-5-3-4-6-13/h12-13H,2-11H2,1H3,(H2,15,20,21)(H2,16,17,18). The Bertz CT molecular complexity index is 474. The molecule has 7 nitrogen and oxygen atoms in total. The number of hydrogen-bond acceptors (Lipinski definition) is 4. The van der Waals surface area contributed by atoms with Gasteiger partial charge in [-0.15, -0.1) is 0 Å². The fourth-order valence-corrected chi connectivity index (χ4v) is 3.65. The van der Waals surface area contributed by atoms with Crippen molar-refractivity contribution in [3.8, 4) is 0 Å². The molecule has 2 fully saturated rings. The van der Waals surface area contributed by atoms with Crippen LogP contribution in [0.25, 0.3) is 0 Å². The topological polar surface area (TPSA) is 99.8 Å². The van der Waals surface area contributed by atoms with Gasteiger partial charge in [-0.2, -0.15) is 0 Å². The Morgan fingerprint density at radius 1 is 1.32 bits per heavy atom. The summed E-state index contributed by atoms with van der Waals surface area (Å²) in [6, 6.07) is 1.14. The Morgan fingerprint density at radius 2 is 2.05 bits per heavy atom. The van der Waals surface area contributed by atoms with E-state index in [1.165, 1.54) is 25.7 Å².